The van der Waals surface area contributed by atoms with Crippen molar-refractivity contribution >= 4 is 23.5 Å². The van der Waals surface area contributed by atoms with Crippen LogP contribution in [0.3, 0.4) is 0 Å². The molecule has 1 N–H and O–H groups in total. The van der Waals surface area contributed by atoms with Crippen molar-refractivity contribution in [3.63, 3.8) is 0 Å². The first-order valence-corrected chi connectivity index (χ1v) is 10.5. The van der Waals surface area contributed by atoms with Gasteiger partial charge in [-0.3, -0.25) is 4.90 Å². The summed E-state index contributed by atoms with van der Waals surface area (Å²) in [5.41, 5.74) is 1.77. The van der Waals surface area contributed by atoms with Crippen LogP contribution in [0.2, 0.25) is 0 Å². The van der Waals surface area contributed by atoms with E-state index in [-0.39, 0.29) is 6.03 Å². The van der Waals surface area contributed by atoms with Gasteiger partial charge in [-0.1, -0.05) is 12.1 Å². The zero-order valence-corrected chi connectivity index (χ0v) is 15.7. The highest BCUT2D eigenvalue weighted by molar-refractivity contribution is 7.99. The van der Waals surface area contributed by atoms with Gasteiger partial charge in [-0.05, 0) is 37.1 Å². The number of carbonyl (C=O) groups excluding carboxylic acids is 1. The summed E-state index contributed by atoms with van der Waals surface area (Å²) in [6.07, 6.45) is 3.81. The van der Waals surface area contributed by atoms with Crippen molar-refractivity contribution in [3.8, 4) is 11.3 Å². The van der Waals surface area contributed by atoms with Crippen molar-refractivity contribution in [2.75, 3.05) is 43.0 Å². The minimum Gasteiger partial charge on any atom is -0.464 e. The maximum Gasteiger partial charge on any atom is 0.321 e. The minimum absolute atomic E-state index is 0.00533. The van der Waals surface area contributed by atoms with Gasteiger partial charge in [-0.2, -0.15) is 11.8 Å². The molecule has 0 bridgehead atoms. The van der Waals surface area contributed by atoms with Crippen molar-refractivity contribution in [3.05, 3.63) is 42.7 Å². The summed E-state index contributed by atoms with van der Waals surface area (Å²) < 4.78 is 5.44. The molecule has 2 fully saturated rings. The number of rotatable bonds is 3. The molecule has 0 unspecified atom stereocenters. The molecule has 5 nitrogen and oxygen atoms in total. The molecule has 0 aliphatic carbocycles. The van der Waals surface area contributed by atoms with Crippen LogP contribution in [0.5, 0.6) is 0 Å². The Hall–Kier alpha value is -1.92. The van der Waals surface area contributed by atoms with Gasteiger partial charge < -0.3 is 14.6 Å². The number of likely N-dealkylation sites (tertiary alicyclic amines) is 1. The number of amides is 2. The van der Waals surface area contributed by atoms with Crippen LogP contribution >= 0.6 is 11.8 Å². The monoisotopic (exact) mass is 371 g/mol. The molecule has 2 aliphatic rings. The maximum absolute atomic E-state index is 12.6. The molecule has 0 saturated carbocycles. The van der Waals surface area contributed by atoms with Crippen LogP contribution in [0, 0.1) is 0 Å². The van der Waals surface area contributed by atoms with Gasteiger partial charge in [0.15, 0.2) is 0 Å². The predicted octanol–water partition coefficient (Wildman–Crippen LogP) is 3.99. The molecule has 2 amide bonds. The number of benzene rings is 1. The predicted molar refractivity (Wildman–Crippen MR) is 107 cm³/mol. The number of carbonyl (C=O) groups is 1. The van der Waals surface area contributed by atoms with Gasteiger partial charge in [0.2, 0.25) is 0 Å². The van der Waals surface area contributed by atoms with Crippen LogP contribution in [0.15, 0.2) is 47.1 Å². The lowest BCUT2D eigenvalue weighted by molar-refractivity contribution is 0.130. The molecule has 6 heteroatoms. The Balaban J connectivity index is 1.32. The zero-order chi connectivity index (χ0) is 17.8. The van der Waals surface area contributed by atoms with E-state index < -0.39 is 0 Å². The Morgan fingerprint density at radius 3 is 2.62 bits per heavy atom. The van der Waals surface area contributed by atoms with Gasteiger partial charge in [-0.15, -0.1) is 0 Å². The summed E-state index contributed by atoms with van der Waals surface area (Å²) in [5, 5.41) is 3.04. The molecule has 1 aromatic heterocycles. The van der Waals surface area contributed by atoms with E-state index in [9.17, 15) is 4.79 Å². The number of hydrogen-bond donors (Lipinski definition) is 1. The van der Waals surface area contributed by atoms with E-state index in [0.717, 1.165) is 42.9 Å². The van der Waals surface area contributed by atoms with Crippen LogP contribution < -0.4 is 5.32 Å². The van der Waals surface area contributed by atoms with E-state index in [1.807, 2.05) is 53.1 Å². The largest absolute Gasteiger partial charge is 0.464 e. The first kappa shape index (κ1) is 17.5. The Kier molecular flexibility index (Phi) is 5.51. The van der Waals surface area contributed by atoms with Crippen LogP contribution in [0.25, 0.3) is 11.3 Å². The lowest BCUT2D eigenvalue weighted by atomic mass is 10.0. The second-order valence-corrected chi connectivity index (χ2v) is 8.08. The second-order valence-electron chi connectivity index (χ2n) is 6.85. The summed E-state index contributed by atoms with van der Waals surface area (Å²) in [5.74, 6) is 3.29. The molecule has 1 aromatic carbocycles. The summed E-state index contributed by atoms with van der Waals surface area (Å²) in [6, 6.07) is 12.2. The number of urea groups is 1. The van der Waals surface area contributed by atoms with E-state index in [4.69, 9.17) is 4.42 Å². The van der Waals surface area contributed by atoms with E-state index in [2.05, 4.69) is 10.2 Å². The molecule has 2 saturated heterocycles. The average molecular weight is 372 g/mol. The Morgan fingerprint density at radius 2 is 1.88 bits per heavy atom. The summed E-state index contributed by atoms with van der Waals surface area (Å²) >= 11 is 2.05. The maximum atomic E-state index is 12.6. The molecule has 0 spiro atoms. The number of anilines is 1. The highest BCUT2D eigenvalue weighted by Gasteiger charge is 2.27. The Morgan fingerprint density at radius 1 is 1.08 bits per heavy atom. The van der Waals surface area contributed by atoms with Crippen LogP contribution in [-0.4, -0.2) is 59.6 Å². The Labute approximate surface area is 158 Å². The standard InChI is InChI=1S/C20H25N3O2S/c24-20(21-17-4-1-3-16(15-17)19-5-2-12-25-19)23-8-6-18(7-9-23)22-10-13-26-14-11-22/h1-5,12,15,18H,6-11,13-14H2,(H,21,24). The fraction of sp³-hybridized carbons (Fsp3) is 0.450. The molecule has 2 aromatic rings. The number of thioether (sulfide) groups is 1. The number of nitrogens with one attached hydrogen (secondary N) is 1. The third-order valence-corrected chi connectivity index (χ3v) is 6.18. The lowest BCUT2D eigenvalue weighted by Gasteiger charge is -2.40. The van der Waals surface area contributed by atoms with Crippen molar-refractivity contribution in [2.45, 2.75) is 18.9 Å². The van der Waals surface area contributed by atoms with Gasteiger partial charge in [0, 0.05) is 55.0 Å². The van der Waals surface area contributed by atoms with Gasteiger partial charge in [0.05, 0.1) is 6.26 Å². The van der Waals surface area contributed by atoms with Crippen molar-refractivity contribution in [2.24, 2.45) is 0 Å². The molecule has 2 aliphatic heterocycles. The van der Waals surface area contributed by atoms with Gasteiger partial charge in [0.25, 0.3) is 0 Å². The molecule has 3 heterocycles. The van der Waals surface area contributed by atoms with E-state index >= 15 is 0 Å². The first-order chi connectivity index (χ1) is 12.8. The van der Waals surface area contributed by atoms with Gasteiger partial charge in [-0.25, -0.2) is 4.79 Å². The summed E-state index contributed by atoms with van der Waals surface area (Å²) in [7, 11) is 0. The molecule has 26 heavy (non-hydrogen) atoms. The molecule has 0 atom stereocenters. The quantitative estimate of drug-likeness (QED) is 0.886. The summed E-state index contributed by atoms with van der Waals surface area (Å²) in [4.78, 5) is 17.2. The number of hydrogen-bond acceptors (Lipinski definition) is 4. The van der Waals surface area contributed by atoms with Crippen molar-refractivity contribution in [1.29, 1.82) is 0 Å². The van der Waals surface area contributed by atoms with Crippen molar-refractivity contribution < 1.29 is 9.21 Å². The average Bonchev–Trinajstić information content (AvgIpc) is 3.24. The molecule has 138 valence electrons. The van der Waals surface area contributed by atoms with Crippen LogP contribution in [-0.2, 0) is 0 Å². The first-order valence-electron chi connectivity index (χ1n) is 9.31. The molecular formula is C20H25N3O2S. The fourth-order valence-corrected chi connectivity index (χ4v) is 4.70. The minimum atomic E-state index is -0.00533. The SMILES string of the molecule is O=C(Nc1cccc(-c2ccco2)c1)N1CCC(N2CCSCC2)CC1. The van der Waals surface area contributed by atoms with Crippen molar-refractivity contribution in [1.82, 2.24) is 9.80 Å². The van der Waals surface area contributed by atoms with E-state index in [1.54, 1.807) is 6.26 Å². The topological polar surface area (TPSA) is 48.7 Å². The highest BCUT2D eigenvalue weighted by atomic mass is 32.2. The Bertz CT molecular complexity index is 720. The van der Waals surface area contributed by atoms with E-state index in [1.165, 1.54) is 24.6 Å². The third kappa shape index (κ3) is 4.07. The van der Waals surface area contributed by atoms with Crippen LogP contribution in [0.1, 0.15) is 12.8 Å². The lowest BCUT2D eigenvalue weighted by Crippen LogP contribution is -2.49. The fourth-order valence-electron chi connectivity index (χ4n) is 3.77. The number of piperidine rings is 1. The normalized spacial score (nSPS) is 19.5. The molecular weight excluding hydrogens is 346 g/mol. The highest BCUT2D eigenvalue weighted by Crippen LogP contribution is 2.24. The summed E-state index contributed by atoms with van der Waals surface area (Å²) in [6.45, 7) is 4.05. The smallest absolute Gasteiger partial charge is 0.321 e. The van der Waals surface area contributed by atoms with E-state index in [0.29, 0.717) is 6.04 Å². The van der Waals surface area contributed by atoms with Gasteiger partial charge in [0.1, 0.15) is 5.76 Å². The van der Waals surface area contributed by atoms with Gasteiger partial charge >= 0.3 is 6.03 Å². The third-order valence-electron chi connectivity index (χ3n) is 5.23. The number of nitrogens with zero attached hydrogens (tertiary/aromatic N) is 2. The zero-order valence-electron chi connectivity index (χ0n) is 14.9. The molecule has 0 radical (unpaired) electrons. The second kappa shape index (κ2) is 8.18. The molecule has 4 rings (SSSR count). The number of furan rings is 1. The van der Waals surface area contributed by atoms with Crippen LogP contribution in [0.4, 0.5) is 10.5 Å².